The molecule has 0 spiro atoms. The van der Waals surface area contributed by atoms with Gasteiger partial charge in [0, 0.05) is 11.1 Å². The highest BCUT2D eigenvalue weighted by Gasteiger charge is 2.23. The zero-order valence-electron chi connectivity index (χ0n) is 10.2. The van der Waals surface area contributed by atoms with Gasteiger partial charge in [0.2, 0.25) is 10.0 Å². The van der Waals surface area contributed by atoms with Gasteiger partial charge in [-0.2, -0.15) is 0 Å². The molecule has 0 aromatic carbocycles. The fraction of sp³-hybridized carbons (Fsp3) is 0.400. The average Bonchev–Trinajstić information content (AvgIpc) is 2.83. The van der Waals surface area contributed by atoms with Crippen LogP contribution in [0.4, 0.5) is 0 Å². The Morgan fingerprint density at radius 2 is 2.11 bits per heavy atom. The van der Waals surface area contributed by atoms with E-state index < -0.39 is 10.0 Å². The van der Waals surface area contributed by atoms with E-state index in [1.54, 1.807) is 20.0 Å². The predicted molar refractivity (Wildman–Crippen MR) is 66.9 cm³/mol. The van der Waals surface area contributed by atoms with Crippen LogP contribution in [-0.4, -0.2) is 18.6 Å². The Balaban J connectivity index is 2.18. The van der Waals surface area contributed by atoms with Crippen LogP contribution in [0.1, 0.15) is 21.3 Å². The number of thiazole rings is 1. The molecule has 0 saturated carbocycles. The van der Waals surface area contributed by atoms with Gasteiger partial charge >= 0.3 is 0 Å². The van der Waals surface area contributed by atoms with Crippen LogP contribution in [0.5, 0.6) is 0 Å². The molecule has 0 aliphatic heterocycles. The molecule has 0 aliphatic carbocycles. The maximum absolute atomic E-state index is 12.1. The van der Waals surface area contributed by atoms with E-state index in [1.807, 2.05) is 6.92 Å². The van der Waals surface area contributed by atoms with Gasteiger partial charge < -0.3 is 4.52 Å². The van der Waals surface area contributed by atoms with E-state index >= 15 is 0 Å². The van der Waals surface area contributed by atoms with Crippen molar-refractivity contribution in [3.8, 4) is 0 Å². The third-order valence-electron chi connectivity index (χ3n) is 2.32. The molecule has 0 fully saturated rings. The summed E-state index contributed by atoms with van der Waals surface area (Å²) in [6.07, 6.45) is 1.71. The molecule has 2 aromatic rings. The Kier molecular flexibility index (Phi) is 3.51. The topological polar surface area (TPSA) is 85.1 Å². The zero-order chi connectivity index (χ0) is 13.3. The van der Waals surface area contributed by atoms with E-state index in [9.17, 15) is 8.42 Å². The monoisotopic (exact) mass is 287 g/mol. The number of sulfonamides is 1. The first kappa shape index (κ1) is 13.2. The molecule has 0 saturated heterocycles. The number of hydrogen-bond acceptors (Lipinski definition) is 6. The van der Waals surface area contributed by atoms with E-state index in [4.69, 9.17) is 4.52 Å². The predicted octanol–water partition coefficient (Wildman–Crippen LogP) is 1.53. The summed E-state index contributed by atoms with van der Waals surface area (Å²) in [6, 6.07) is 0. The van der Waals surface area contributed by atoms with Gasteiger partial charge in [-0.05, 0) is 20.8 Å². The van der Waals surface area contributed by atoms with E-state index in [1.165, 1.54) is 11.3 Å². The lowest BCUT2D eigenvalue weighted by Crippen LogP contribution is -2.24. The Morgan fingerprint density at radius 1 is 1.39 bits per heavy atom. The van der Waals surface area contributed by atoms with Crippen LogP contribution in [0.25, 0.3) is 0 Å². The minimum absolute atomic E-state index is 0.107. The summed E-state index contributed by atoms with van der Waals surface area (Å²) in [5, 5.41) is 4.36. The van der Waals surface area contributed by atoms with Crippen molar-refractivity contribution in [3.63, 3.8) is 0 Å². The summed E-state index contributed by atoms with van der Waals surface area (Å²) in [4.78, 5) is 5.25. The SMILES string of the molecule is Cc1cnc(CNS(=O)(=O)c2c(C)noc2C)s1. The lowest BCUT2D eigenvalue weighted by molar-refractivity contribution is 0.390. The smallest absolute Gasteiger partial charge is 0.246 e. The summed E-state index contributed by atoms with van der Waals surface area (Å²) >= 11 is 1.46. The van der Waals surface area contributed by atoms with E-state index in [-0.39, 0.29) is 17.2 Å². The van der Waals surface area contributed by atoms with Crippen molar-refractivity contribution in [3.05, 3.63) is 27.5 Å². The molecule has 1 N–H and O–H groups in total. The Hall–Kier alpha value is -1.25. The third kappa shape index (κ3) is 2.60. The van der Waals surface area contributed by atoms with Crippen LogP contribution in [0.3, 0.4) is 0 Å². The maximum Gasteiger partial charge on any atom is 0.246 e. The molecule has 2 heterocycles. The molecule has 98 valence electrons. The van der Waals surface area contributed by atoms with Crippen LogP contribution < -0.4 is 4.72 Å². The number of aryl methyl sites for hydroxylation is 3. The van der Waals surface area contributed by atoms with Crippen LogP contribution in [0.2, 0.25) is 0 Å². The summed E-state index contributed by atoms with van der Waals surface area (Å²) in [5.41, 5.74) is 0.357. The Labute approximate surface area is 109 Å². The van der Waals surface area contributed by atoms with Crippen LogP contribution in [0.15, 0.2) is 15.6 Å². The highest BCUT2D eigenvalue weighted by atomic mass is 32.2. The molecule has 0 aliphatic rings. The minimum atomic E-state index is -3.61. The zero-order valence-corrected chi connectivity index (χ0v) is 11.9. The summed E-state index contributed by atoms with van der Waals surface area (Å²) < 4.78 is 31.5. The van der Waals surface area contributed by atoms with Crippen molar-refractivity contribution in [2.24, 2.45) is 0 Å². The summed E-state index contributed by atoms with van der Waals surface area (Å²) in [6.45, 7) is 5.26. The van der Waals surface area contributed by atoms with E-state index in [0.29, 0.717) is 5.69 Å². The Bertz CT molecular complexity index is 638. The maximum atomic E-state index is 12.1. The highest BCUT2D eigenvalue weighted by molar-refractivity contribution is 7.89. The molecule has 0 atom stereocenters. The largest absolute Gasteiger partial charge is 0.360 e. The third-order valence-corrected chi connectivity index (χ3v) is 4.88. The first-order valence-electron chi connectivity index (χ1n) is 5.24. The first-order chi connectivity index (χ1) is 8.40. The molecule has 8 heteroatoms. The van der Waals surface area contributed by atoms with Gasteiger partial charge in [-0.1, -0.05) is 5.16 Å². The summed E-state index contributed by atoms with van der Waals surface area (Å²) in [7, 11) is -3.61. The van der Waals surface area contributed by atoms with Crippen molar-refractivity contribution in [1.82, 2.24) is 14.9 Å². The molecule has 2 aromatic heterocycles. The van der Waals surface area contributed by atoms with Gasteiger partial charge in [0.25, 0.3) is 0 Å². The highest BCUT2D eigenvalue weighted by Crippen LogP contribution is 2.19. The average molecular weight is 287 g/mol. The van der Waals surface area contributed by atoms with Gasteiger partial charge in [-0.15, -0.1) is 11.3 Å². The molecule has 0 amide bonds. The van der Waals surface area contributed by atoms with Gasteiger partial charge in [-0.3, -0.25) is 0 Å². The lowest BCUT2D eigenvalue weighted by Gasteiger charge is -2.03. The second-order valence-electron chi connectivity index (χ2n) is 3.84. The number of hydrogen-bond donors (Lipinski definition) is 1. The quantitative estimate of drug-likeness (QED) is 0.921. The molecule has 0 unspecified atom stereocenters. The van der Waals surface area contributed by atoms with Gasteiger partial charge in [0.15, 0.2) is 5.76 Å². The fourth-order valence-corrected chi connectivity index (χ4v) is 3.70. The van der Waals surface area contributed by atoms with Gasteiger partial charge in [-0.25, -0.2) is 18.1 Å². The fourth-order valence-electron chi connectivity index (χ4n) is 1.57. The normalized spacial score (nSPS) is 11.9. The van der Waals surface area contributed by atoms with Crippen molar-refractivity contribution in [1.29, 1.82) is 0 Å². The lowest BCUT2D eigenvalue weighted by atomic mass is 10.4. The number of aromatic nitrogens is 2. The molecule has 0 bridgehead atoms. The number of nitrogens with zero attached hydrogens (tertiary/aromatic N) is 2. The molecule has 6 nitrogen and oxygen atoms in total. The second kappa shape index (κ2) is 4.79. The minimum Gasteiger partial charge on any atom is -0.360 e. The molecule has 18 heavy (non-hydrogen) atoms. The van der Waals surface area contributed by atoms with Crippen molar-refractivity contribution >= 4 is 21.4 Å². The Morgan fingerprint density at radius 3 is 2.61 bits per heavy atom. The van der Waals surface area contributed by atoms with Gasteiger partial charge in [0.1, 0.15) is 15.6 Å². The van der Waals surface area contributed by atoms with Crippen LogP contribution in [-0.2, 0) is 16.6 Å². The first-order valence-corrected chi connectivity index (χ1v) is 7.54. The summed E-state index contributed by atoms with van der Waals surface area (Å²) in [5.74, 6) is 0.287. The molecular weight excluding hydrogens is 274 g/mol. The molecule has 0 radical (unpaired) electrons. The molecule has 2 rings (SSSR count). The van der Waals surface area contributed by atoms with Crippen molar-refractivity contribution < 1.29 is 12.9 Å². The van der Waals surface area contributed by atoms with Crippen LogP contribution >= 0.6 is 11.3 Å². The van der Waals surface area contributed by atoms with Crippen LogP contribution in [0, 0.1) is 20.8 Å². The standard InChI is InChI=1S/C10H13N3O3S2/c1-6-4-11-9(17-6)5-12-18(14,15)10-7(2)13-16-8(10)3/h4,12H,5H2,1-3H3. The second-order valence-corrected chi connectivity index (χ2v) is 6.87. The van der Waals surface area contributed by atoms with Crippen molar-refractivity contribution in [2.45, 2.75) is 32.2 Å². The molecular formula is C10H13N3O3S2. The number of rotatable bonds is 4. The number of nitrogens with one attached hydrogen (secondary N) is 1. The van der Waals surface area contributed by atoms with E-state index in [0.717, 1.165) is 9.88 Å². The van der Waals surface area contributed by atoms with E-state index in [2.05, 4.69) is 14.9 Å². The van der Waals surface area contributed by atoms with Gasteiger partial charge in [0.05, 0.1) is 6.54 Å². The van der Waals surface area contributed by atoms with Crippen molar-refractivity contribution in [2.75, 3.05) is 0 Å².